The van der Waals surface area contributed by atoms with E-state index in [9.17, 15) is 14.0 Å². The van der Waals surface area contributed by atoms with Crippen molar-refractivity contribution in [1.82, 2.24) is 5.32 Å². The third-order valence-corrected chi connectivity index (χ3v) is 3.71. The van der Waals surface area contributed by atoms with Crippen LogP contribution in [0.2, 0.25) is 0 Å². The number of benzene rings is 1. The molecule has 1 atom stereocenters. The third kappa shape index (κ3) is 4.66. The highest BCUT2D eigenvalue weighted by Crippen LogP contribution is 2.28. The van der Waals surface area contributed by atoms with Crippen molar-refractivity contribution in [2.75, 3.05) is 17.2 Å². The average Bonchev–Trinajstić information content (AvgIpc) is 2.47. The van der Waals surface area contributed by atoms with Crippen LogP contribution in [0.1, 0.15) is 32.3 Å². The summed E-state index contributed by atoms with van der Waals surface area (Å²) in [6.45, 7) is 4.41. The predicted molar refractivity (Wildman–Crippen MR) is 87.8 cm³/mol. The maximum Gasteiger partial charge on any atom is 0.319 e. The van der Waals surface area contributed by atoms with E-state index in [1.807, 2.05) is 13.8 Å². The van der Waals surface area contributed by atoms with Gasteiger partial charge in [-0.15, -0.1) is 0 Å². The Morgan fingerprint density at radius 1 is 1.39 bits per heavy atom. The number of hydrogen-bond donors (Lipinski definition) is 4. The molecule has 2 rings (SSSR count). The molecule has 0 fully saturated rings. The van der Waals surface area contributed by atoms with Crippen LogP contribution in [0.25, 0.3) is 0 Å². The fourth-order valence-electron chi connectivity index (χ4n) is 2.62. The lowest BCUT2D eigenvalue weighted by atomic mass is 10.0. The van der Waals surface area contributed by atoms with E-state index in [1.165, 1.54) is 6.07 Å². The Bertz CT molecular complexity index is 604. The Morgan fingerprint density at radius 2 is 2.13 bits per heavy atom. The molecule has 3 amide bonds. The second-order valence-electron chi connectivity index (χ2n) is 6.20. The van der Waals surface area contributed by atoms with Crippen molar-refractivity contribution in [3.05, 3.63) is 23.5 Å². The van der Waals surface area contributed by atoms with Crippen LogP contribution in [-0.4, -0.2) is 24.5 Å². The largest absolute Gasteiger partial charge is 0.334 e. The first-order valence-electron chi connectivity index (χ1n) is 7.79. The first-order valence-corrected chi connectivity index (χ1v) is 7.79. The van der Waals surface area contributed by atoms with Crippen LogP contribution in [0.15, 0.2) is 12.1 Å². The number of carbonyl (C=O) groups excluding carboxylic acids is 2. The van der Waals surface area contributed by atoms with Crippen molar-refractivity contribution in [2.24, 2.45) is 11.7 Å². The summed E-state index contributed by atoms with van der Waals surface area (Å²) in [5.74, 6) is -0.322. The van der Waals surface area contributed by atoms with Crippen molar-refractivity contribution in [3.8, 4) is 0 Å². The van der Waals surface area contributed by atoms with Gasteiger partial charge in [0.15, 0.2) is 0 Å². The van der Waals surface area contributed by atoms with Crippen molar-refractivity contribution < 1.29 is 14.0 Å². The zero-order valence-corrected chi connectivity index (χ0v) is 13.4. The minimum atomic E-state index is -0.589. The van der Waals surface area contributed by atoms with Crippen LogP contribution in [-0.2, 0) is 11.2 Å². The molecule has 1 unspecified atom stereocenters. The number of anilines is 2. The number of carbonyl (C=O) groups is 2. The number of hydrogen-bond acceptors (Lipinski definition) is 3. The van der Waals surface area contributed by atoms with Gasteiger partial charge in [-0.1, -0.05) is 13.8 Å². The molecule has 0 saturated carbocycles. The third-order valence-electron chi connectivity index (χ3n) is 3.71. The van der Waals surface area contributed by atoms with E-state index in [2.05, 4.69) is 16.0 Å². The molecule has 126 valence electrons. The van der Waals surface area contributed by atoms with Crippen molar-refractivity contribution in [3.63, 3.8) is 0 Å². The van der Waals surface area contributed by atoms with Gasteiger partial charge in [-0.05, 0) is 36.5 Å². The highest BCUT2D eigenvalue weighted by molar-refractivity contribution is 5.95. The fourth-order valence-corrected chi connectivity index (χ4v) is 2.62. The van der Waals surface area contributed by atoms with Gasteiger partial charge in [0.1, 0.15) is 5.82 Å². The highest BCUT2D eigenvalue weighted by Gasteiger charge is 2.19. The number of urea groups is 1. The normalized spacial score (nSPS) is 14.9. The number of halogens is 1. The number of amides is 3. The van der Waals surface area contributed by atoms with Gasteiger partial charge in [-0.2, -0.15) is 0 Å². The van der Waals surface area contributed by atoms with Crippen LogP contribution in [0.3, 0.4) is 0 Å². The monoisotopic (exact) mass is 322 g/mol. The van der Waals surface area contributed by atoms with Gasteiger partial charge < -0.3 is 21.7 Å². The van der Waals surface area contributed by atoms with Gasteiger partial charge in [0.2, 0.25) is 5.91 Å². The van der Waals surface area contributed by atoms with E-state index in [4.69, 9.17) is 5.73 Å². The molecule has 1 aromatic carbocycles. The molecular weight excluding hydrogens is 299 g/mol. The van der Waals surface area contributed by atoms with Gasteiger partial charge in [-0.25, -0.2) is 9.18 Å². The van der Waals surface area contributed by atoms with Crippen LogP contribution >= 0.6 is 0 Å². The van der Waals surface area contributed by atoms with Crippen molar-refractivity contribution >= 4 is 23.3 Å². The molecule has 1 aromatic rings. The Labute approximate surface area is 135 Å². The molecule has 0 saturated heterocycles. The first kappa shape index (κ1) is 17.2. The summed E-state index contributed by atoms with van der Waals surface area (Å²) in [5, 5.41) is 7.89. The van der Waals surface area contributed by atoms with Gasteiger partial charge >= 0.3 is 6.03 Å². The second kappa shape index (κ2) is 7.41. The number of nitrogens with two attached hydrogens (primary N) is 1. The summed E-state index contributed by atoms with van der Waals surface area (Å²) in [7, 11) is 0. The van der Waals surface area contributed by atoms with Crippen molar-refractivity contribution in [2.45, 2.75) is 39.2 Å². The lowest BCUT2D eigenvalue weighted by Crippen LogP contribution is -2.43. The SMILES string of the molecule is CC(C)CC(CN)NC(=O)Nc1cc2c(cc1F)NC(=O)CC2. The molecule has 6 nitrogen and oxygen atoms in total. The van der Waals surface area contributed by atoms with Gasteiger partial charge in [0.25, 0.3) is 0 Å². The minimum absolute atomic E-state index is 0.0951. The van der Waals surface area contributed by atoms with Gasteiger partial charge in [-0.3, -0.25) is 4.79 Å². The fraction of sp³-hybridized carbons (Fsp3) is 0.500. The Hall–Kier alpha value is -2.15. The summed E-state index contributed by atoms with van der Waals surface area (Å²) < 4.78 is 14.1. The molecule has 23 heavy (non-hydrogen) atoms. The lowest BCUT2D eigenvalue weighted by Gasteiger charge is -2.21. The highest BCUT2D eigenvalue weighted by atomic mass is 19.1. The maximum atomic E-state index is 14.1. The first-order chi connectivity index (χ1) is 10.9. The standard InChI is InChI=1S/C16H23FN4O2/c1-9(2)5-11(8-18)19-16(23)21-14-6-10-3-4-15(22)20-13(10)7-12(14)17/h6-7,9,11H,3-5,8,18H2,1-2H3,(H,20,22)(H2,19,21,23). The van der Waals surface area contributed by atoms with E-state index in [0.717, 1.165) is 12.0 Å². The molecule has 5 N–H and O–H groups in total. The number of fused-ring (bicyclic) bond motifs is 1. The number of rotatable bonds is 5. The Kier molecular flexibility index (Phi) is 5.54. The molecule has 1 aliphatic heterocycles. The minimum Gasteiger partial charge on any atom is -0.334 e. The van der Waals surface area contributed by atoms with Crippen LogP contribution in [0.4, 0.5) is 20.6 Å². The average molecular weight is 322 g/mol. The molecule has 0 aliphatic carbocycles. The topological polar surface area (TPSA) is 96.2 Å². The van der Waals surface area contributed by atoms with Crippen LogP contribution < -0.4 is 21.7 Å². The Morgan fingerprint density at radius 3 is 2.78 bits per heavy atom. The second-order valence-corrected chi connectivity index (χ2v) is 6.20. The quantitative estimate of drug-likeness (QED) is 0.669. The zero-order chi connectivity index (χ0) is 17.0. The summed E-state index contributed by atoms with van der Waals surface area (Å²) >= 11 is 0. The van der Waals surface area contributed by atoms with Gasteiger partial charge in [0, 0.05) is 24.7 Å². The van der Waals surface area contributed by atoms with Crippen LogP contribution in [0, 0.1) is 11.7 Å². The summed E-state index contributed by atoms with van der Waals surface area (Å²) in [5.41, 5.74) is 7.00. The molecule has 0 spiro atoms. The van der Waals surface area contributed by atoms with E-state index < -0.39 is 11.8 Å². The summed E-state index contributed by atoms with van der Waals surface area (Å²) in [6, 6.07) is 2.15. The molecular formula is C16H23FN4O2. The smallest absolute Gasteiger partial charge is 0.319 e. The van der Waals surface area contributed by atoms with Crippen LogP contribution in [0.5, 0.6) is 0 Å². The number of nitrogens with one attached hydrogen (secondary N) is 3. The number of aryl methyl sites for hydroxylation is 1. The Balaban J connectivity index is 2.05. The predicted octanol–water partition coefficient (Wildman–Crippen LogP) is 2.21. The van der Waals surface area contributed by atoms with Crippen molar-refractivity contribution in [1.29, 1.82) is 0 Å². The zero-order valence-electron chi connectivity index (χ0n) is 13.4. The van der Waals surface area contributed by atoms with E-state index in [1.54, 1.807) is 6.07 Å². The summed E-state index contributed by atoms with van der Waals surface area (Å²) in [6.07, 6.45) is 1.63. The maximum absolute atomic E-state index is 14.1. The van der Waals surface area contributed by atoms with E-state index >= 15 is 0 Å². The molecule has 7 heteroatoms. The lowest BCUT2D eigenvalue weighted by molar-refractivity contribution is -0.116. The molecule has 1 heterocycles. The van der Waals surface area contributed by atoms with Gasteiger partial charge in [0.05, 0.1) is 5.69 Å². The van der Waals surface area contributed by atoms with E-state index in [0.29, 0.717) is 31.0 Å². The molecule has 0 radical (unpaired) electrons. The molecule has 1 aliphatic rings. The van der Waals surface area contributed by atoms with E-state index in [-0.39, 0.29) is 17.6 Å². The summed E-state index contributed by atoms with van der Waals surface area (Å²) in [4.78, 5) is 23.3. The molecule has 0 aromatic heterocycles. The molecule has 0 bridgehead atoms.